The molecule has 0 aromatic heterocycles. The maximum Gasteiger partial charge on any atom is 0.310 e. The van der Waals surface area contributed by atoms with E-state index in [-0.39, 0.29) is 18.7 Å². The van der Waals surface area contributed by atoms with Crippen LogP contribution in [0.3, 0.4) is 0 Å². The van der Waals surface area contributed by atoms with Crippen LogP contribution in [-0.2, 0) is 16.0 Å². The van der Waals surface area contributed by atoms with Gasteiger partial charge in [-0.2, -0.15) is 0 Å². The van der Waals surface area contributed by atoms with Crippen molar-refractivity contribution >= 4 is 27.6 Å². The number of carbonyl (C=O) groups is 1. The van der Waals surface area contributed by atoms with Gasteiger partial charge in [-0.3, -0.25) is 14.9 Å². The van der Waals surface area contributed by atoms with Crippen LogP contribution in [0, 0.1) is 17.0 Å². The number of rotatable bonds is 4. The summed E-state index contributed by atoms with van der Waals surface area (Å²) in [5.41, 5.74) is 1.02. The Kier molecular flexibility index (Phi) is 4.62. The first kappa shape index (κ1) is 13.6. The molecule has 0 unspecified atom stereocenters. The van der Waals surface area contributed by atoms with Crippen LogP contribution in [0.4, 0.5) is 5.69 Å². The Balaban J connectivity index is 3.16. The van der Waals surface area contributed by atoms with Gasteiger partial charge in [-0.25, -0.2) is 0 Å². The van der Waals surface area contributed by atoms with Crippen LogP contribution in [0.1, 0.15) is 18.1 Å². The largest absolute Gasteiger partial charge is 0.466 e. The van der Waals surface area contributed by atoms with Gasteiger partial charge in [0, 0.05) is 5.56 Å². The topological polar surface area (TPSA) is 69.4 Å². The highest BCUT2D eigenvalue weighted by Gasteiger charge is 2.22. The second-order valence-corrected chi connectivity index (χ2v) is 4.28. The number of nitro benzene ring substituents is 1. The Labute approximate surface area is 107 Å². The standard InChI is InChI=1S/C11H12BrNO4/c1-3-17-10(14)6-8-7(2)4-5-9(12)11(8)13(15)16/h4-5H,3,6H2,1-2H3. The van der Waals surface area contributed by atoms with Crippen LogP contribution < -0.4 is 0 Å². The van der Waals surface area contributed by atoms with Gasteiger partial charge in [-0.05, 0) is 41.4 Å². The molecule has 0 heterocycles. The number of ether oxygens (including phenoxy) is 1. The molecule has 0 saturated heterocycles. The lowest BCUT2D eigenvalue weighted by Gasteiger charge is -2.07. The number of hydrogen-bond donors (Lipinski definition) is 0. The van der Waals surface area contributed by atoms with Crippen molar-refractivity contribution in [3.05, 3.63) is 37.8 Å². The molecule has 0 bridgehead atoms. The Bertz CT molecular complexity index is 459. The van der Waals surface area contributed by atoms with Gasteiger partial charge in [0.2, 0.25) is 0 Å². The van der Waals surface area contributed by atoms with Gasteiger partial charge in [0.05, 0.1) is 22.4 Å². The maximum atomic E-state index is 11.4. The lowest BCUT2D eigenvalue weighted by atomic mass is 10.0. The third-order valence-electron chi connectivity index (χ3n) is 2.28. The number of esters is 1. The molecular formula is C11H12BrNO4. The van der Waals surface area contributed by atoms with Crippen molar-refractivity contribution in [3.8, 4) is 0 Å². The first-order valence-corrected chi connectivity index (χ1v) is 5.84. The van der Waals surface area contributed by atoms with E-state index in [1.165, 1.54) is 0 Å². The number of hydrogen-bond acceptors (Lipinski definition) is 4. The van der Waals surface area contributed by atoms with E-state index in [2.05, 4.69) is 15.9 Å². The molecule has 1 aromatic rings. The number of nitrogens with zero attached hydrogens (tertiary/aromatic N) is 1. The predicted octanol–water partition coefficient (Wildman–Crippen LogP) is 2.77. The molecule has 0 aliphatic rings. The summed E-state index contributed by atoms with van der Waals surface area (Å²) in [6.07, 6.45) is -0.0879. The second kappa shape index (κ2) is 5.77. The number of carbonyl (C=O) groups excluding carboxylic acids is 1. The minimum Gasteiger partial charge on any atom is -0.466 e. The average Bonchev–Trinajstić information content (AvgIpc) is 2.23. The van der Waals surface area contributed by atoms with Gasteiger partial charge in [-0.1, -0.05) is 6.07 Å². The molecule has 17 heavy (non-hydrogen) atoms. The van der Waals surface area contributed by atoms with Crippen LogP contribution in [0.25, 0.3) is 0 Å². The smallest absolute Gasteiger partial charge is 0.310 e. The summed E-state index contributed by atoms with van der Waals surface area (Å²) in [6.45, 7) is 3.69. The molecule has 0 fully saturated rings. The molecule has 0 saturated carbocycles. The highest BCUT2D eigenvalue weighted by Crippen LogP contribution is 2.31. The maximum absolute atomic E-state index is 11.4. The first-order chi connectivity index (χ1) is 7.97. The molecule has 6 heteroatoms. The average molecular weight is 302 g/mol. The molecule has 0 aliphatic carbocycles. The van der Waals surface area contributed by atoms with Crippen LogP contribution in [-0.4, -0.2) is 17.5 Å². The van der Waals surface area contributed by atoms with E-state index in [4.69, 9.17) is 4.74 Å². The lowest BCUT2D eigenvalue weighted by Crippen LogP contribution is -2.10. The van der Waals surface area contributed by atoms with Crippen molar-refractivity contribution in [2.75, 3.05) is 6.61 Å². The van der Waals surface area contributed by atoms with E-state index < -0.39 is 10.9 Å². The van der Waals surface area contributed by atoms with Crippen LogP contribution in [0.2, 0.25) is 0 Å². The number of aryl methyl sites for hydroxylation is 1. The molecule has 0 radical (unpaired) electrons. The normalized spacial score (nSPS) is 10.1. The van der Waals surface area contributed by atoms with Crippen LogP contribution in [0.5, 0.6) is 0 Å². The quantitative estimate of drug-likeness (QED) is 0.487. The lowest BCUT2D eigenvalue weighted by molar-refractivity contribution is -0.386. The van der Waals surface area contributed by atoms with E-state index >= 15 is 0 Å². The zero-order chi connectivity index (χ0) is 13.0. The van der Waals surface area contributed by atoms with Gasteiger partial charge in [0.15, 0.2) is 0 Å². The fourth-order valence-corrected chi connectivity index (χ4v) is 2.00. The van der Waals surface area contributed by atoms with E-state index in [1.54, 1.807) is 26.0 Å². The van der Waals surface area contributed by atoms with E-state index in [0.717, 1.165) is 0 Å². The van der Waals surface area contributed by atoms with Crippen molar-refractivity contribution < 1.29 is 14.5 Å². The molecule has 5 nitrogen and oxygen atoms in total. The predicted molar refractivity (Wildman–Crippen MR) is 65.9 cm³/mol. The van der Waals surface area contributed by atoms with Crippen LogP contribution >= 0.6 is 15.9 Å². The summed E-state index contributed by atoms with van der Waals surface area (Å²) in [4.78, 5) is 21.9. The van der Waals surface area contributed by atoms with Gasteiger partial charge >= 0.3 is 5.97 Å². The van der Waals surface area contributed by atoms with Crippen molar-refractivity contribution in [2.24, 2.45) is 0 Å². The number of nitro groups is 1. The highest BCUT2D eigenvalue weighted by atomic mass is 79.9. The molecule has 0 atom stereocenters. The Morgan fingerprint density at radius 3 is 2.71 bits per heavy atom. The zero-order valence-corrected chi connectivity index (χ0v) is 11.1. The van der Waals surface area contributed by atoms with E-state index in [0.29, 0.717) is 15.6 Å². The van der Waals surface area contributed by atoms with Crippen molar-refractivity contribution in [1.82, 2.24) is 0 Å². The Hall–Kier alpha value is -1.43. The first-order valence-electron chi connectivity index (χ1n) is 5.05. The third kappa shape index (κ3) is 3.26. The van der Waals surface area contributed by atoms with Crippen molar-refractivity contribution in [1.29, 1.82) is 0 Å². The minimum absolute atomic E-state index is 0.0712. The summed E-state index contributed by atoms with van der Waals surface area (Å²) in [6, 6.07) is 3.33. The van der Waals surface area contributed by atoms with Gasteiger partial charge < -0.3 is 4.74 Å². The minimum atomic E-state index is -0.494. The summed E-state index contributed by atoms with van der Waals surface area (Å²) >= 11 is 3.12. The Morgan fingerprint density at radius 2 is 2.18 bits per heavy atom. The summed E-state index contributed by atoms with van der Waals surface area (Å²) < 4.78 is 5.17. The third-order valence-corrected chi connectivity index (χ3v) is 2.92. The molecule has 92 valence electrons. The molecular weight excluding hydrogens is 290 g/mol. The molecule has 1 rings (SSSR count). The van der Waals surface area contributed by atoms with E-state index in [9.17, 15) is 14.9 Å². The molecule has 0 amide bonds. The van der Waals surface area contributed by atoms with Gasteiger partial charge in [0.25, 0.3) is 5.69 Å². The Morgan fingerprint density at radius 1 is 1.53 bits per heavy atom. The molecule has 0 N–H and O–H groups in total. The van der Waals surface area contributed by atoms with Crippen molar-refractivity contribution in [2.45, 2.75) is 20.3 Å². The zero-order valence-electron chi connectivity index (χ0n) is 9.53. The monoisotopic (exact) mass is 301 g/mol. The SMILES string of the molecule is CCOC(=O)Cc1c(C)ccc(Br)c1[N+](=O)[O-]. The fourth-order valence-electron chi connectivity index (χ4n) is 1.49. The summed E-state index contributed by atoms with van der Waals surface area (Å²) in [5, 5.41) is 11.0. The van der Waals surface area contributed by atoms with Crippen LogP contribution in [0.15, 0.2) is 16.6 Å². The molecule has 0 spiro atoms. The highest BCUT2D eigenvalue weighted by molar-refractivity contribution is 9.10. The van der Waals surface area contributed by atoms with Crippen molar-refractivity contribution in [3.63, 3.8) is 0 Å². The van der Waals surface area contributed by atoms with Gasteiger partial charge in [0.1, 0.15) is 0 Å². The second-order valence-electron chi connectivity index (χ2n) is 3.43. The number of halogens is 1. The number of benzene rings is 1. The molecule has 0 aliphatic heterocycles. The van der Waals surface area contributed by atoms with Gasteiger partial charge in [-0.15, -0.1) is 0 Å². The summed E-state index contributed by atoms with van der Waals surface area (Å²) in [5.74, 6) is -0.461. The summed E-state index contributed by atoms with van der Waals surface area (Å²) in [7, 11) is 0. The molecule has 1 aromatic carbocycles. The fraction of sp³-hybridized carbons (Fsp3) is 0.364. The van der Waals surface area contributed by atoms with E-state index in [1.807, 2.05) is 0 Å².